The Morgan fingerprint density at radius 2 is 1.38 bits per heavy atom. The van der Waals surface area contributed by atoms with Crippen LogP contribution in [0.1, 0.15) is 66.4 Å². The maximum absolute atomic E-state index is 14.2. The molecule has 1 aliphatic carbocycles. The van der Waals surface area contributed by atoms with Gasteiger partial charge in [0.2, 0.25) is 23.2 Å². The number of amides is 2. The molecule has 2 aromatic carbocycles. The zero-order chi connectivity index (χ0) is 38.6. The Hall–Kier alpha value is -6.67. The SMILES string of the molecule is CCC(C(=O)Nc1ccc(-c2nn3c(C)ncc3o2)nc1)c1cccc(C2CC(C(=O)Nc3ccc(-c4nn5c(C)ncc5o4)nc3)(c3ccc(Cl)cc3)C2)c1. The number of fused-ring (bicyclic) bond motifs is 2. The molecule has 280 valence electrons. The highest BCUT2D eigenvalue weighted by Crippen LogP contribution is 2.53. The molecule has 0 spiro atoms. The largest absolute Gasteiger partial charge is 0.415 e. The Kier molecular flexibility index (Phi) is 8.69. The van der Waals surface area contributed by atoms with Gasteiger partial charge in [0.25, 0.3) is 11.8 Å². The average molecular weight is 767 g/mol. The summed E-state index contributed by atoms with van der Waals surface area (Å²) < 4.78 is 14.8. The molecule has 2 amide bonds. The van der Waals surface area contributed by atoms with E-state index >= 15 is 0 Å². The van der Waals surface area contributed by atoms with Crippen molar-refractivity contribution in [3.05, 3.63) is 131 Å². The van der Waals surface area contributed by atoms with Gasteiger partial charge < -0.3 is 19.5 Å². The van der Waals surface area contributed by atoms with Crippen LogP contribution in [0.4, 0.5) is 11.4 Å². The Morgan fingerprint density at radius 3 is 1.91 bits per heavy atom. The molecule has 0 bridgehead atoms. The highest BCUT2D eigenvalue weighted by molar-refractivity contribution is 6.30. The van der Waals surface area contributed by atoms with Crippen molar-refractivity contribution in [1.82, 2.24) is 39.2 Å². The summed E-state index contributed by atoms with van der Waals surface area (Å²) in [5.74, 6) is 1.56. The van der Waals surface area contributed by atoms with Crippen molar-refractivity contribution in [3.63, 3.8) is 0 Å². The summed E-state index contributed by atoms with van der Waals surface area (Å²) in [6.45, 7) is 5.67. The molecular weight excluding hydrogens is 732 g/mol. The van der Waals surface area contributed by atoms with Crippen molar-refractivity contribution in [3.8, 4) is 23.2 Å². The van der Waals surface area contributed by atoms with Crippen molar-refractivity contribution >= 4 is 46.2 Å². The van der Waals surface area contributed by atoms with E-state index in [1.807, 2.05) is 57.2 Å². The number of carbonyl (C=O) groups is 2. The summed E-state index contributed by atoms with van der Waals surface area (Å²) in [6.07, 6.45) is 8.15. The first-order valence-corrected chi connectivity index (χ1v) is 18.6. The van der Waals surface area contributed by atoms with Crippen LogP contribution in [0.25, 0.3) is 34.6 Å². The highest BCUT2D eigenvalue weighted by atomic mass is 35.5. The van der Waals surface area contributed by atoms with Crippen LogP contribution >= 0.6 is 11.6 Å². The first-order chi connectivity index (χ1) is 27.2. The molecule has 15 heteroatoms. The van der Waals surface area contributed by atoms with Crippen LogP contribution in [-0.4, -0.2) is 51.0 Å². The Labute approximate surface area is 325 Å². The van der Waals surface area contributed by atoms with Crippen LogP contribution in [0.5, 0.6) is 0 Å². The number of carbonyl (C=O) groups excluding carboxylic acids is 2. The molecule has 6 aromatic heterocycles. The summed E-state index contributed by atoms with van der Waals surface area (Å²) in [4.78, 5) is 45.2. The molecular formula is C41H35ClN10O4. The van der Waals surface area contributed by atoms with E-state index in [2.05, 4.69) is 52.9 Å². The van der Waals surface area contributed by atoms with Crippen LogP contribution in [0.3, 0.4) is 0 Å². The van der Waals surface area contributed by atoms with E-state index in [0.29, 0.717) is 81.9 Å². The van der Waals surface area contributed by atoms with Crippen molar-refractivity contribution in [2.45, 2.75) is 57.3 Å². The molecule has 1 atom stereocenters. The van der Waals surface area contributed by atoms with E-state index < -0.39 is 11.3 Å². The van der Waals surface area contributed by atoms with Gasteiger partial charge in [-0.2, -0.15) is 9.03 Å². The van der Waals surface area contributed by atoms with Gasteiger partial charge in [-0.3, -0.25) is 9.59 Å². The van der Waals surface area contributed by atoms with E-state index in [0.717, 1.165) is 16.7 Å². The van der Waals surface area contributed by atoms with Gasteiger partial charge in [0, 0.05) is 5.02 Å². The fraction of sp³-hybridized carbons (Fsp3) is 0.220. The normalized spacial score (nSPS) is 17.2. The molecule has 6 heterocycles. The van der Waals surface area contributed by atoms with E-state index in [4.69, 9.17) is 20.4 Å². The fourth-order valence-electron chi connectivity index (χ4n) is 7.45. The molecule has 0 radical (unpaired) electrons. The Morgan fingerprint density at radius 1 is 0.786 bits per heavy atom. The van der Waals surface area contributed by atoms with Gasteiger partial charge in [-0.1, -0.05) is 54.9 Å². The minimum atomic E-state index is -0.800. The lowest BCUT2D eigenvalue weighted by Crippen LogP contribution is -2.49. The first-order valence-electron chi connectivity index (χ1n) is 18.2. The lowest BCUT2D eigenvalue weighted by Gasteiger charge is -2.47. The second kappa shape index (κ2) is 13.9. The first kappa shape index (κ1) is 35.1. The number of rotatable bonds is 10. The Bertz CT molecular complexity index is 2730. The topological polar surface area (TPSA) is 171 Å². The summed E-state index contributed by atoms with van der Waals surface area (Å²) in [7, 11) is 0. The number of aryl methyl sites for hydroxylation is 2. The summed E-state index contributed by atoms with van der Waals surface area (Å²) in [6, 6.07) is 22.7. The molecule has 1 fully saturated rings. The van der Waals surface area contributed by atoms with Gasteiger partial charge >= 0.3 is 0 Å². The lowest BCUT2D eigenvalue weighted by atomic mass is 9.56. The third-order valence-corrected chi connectivity index (χ3v) is 10.8. The van der Waals surface area contributed by atoms with Crippen molar-refractivity contribution in [2.24, 2.45) is 0 Å². The van der Waals surface area contributed by atoms with Crippen LogP contribution < -0.4 is 10.6 Å². The molecule has 1 unspecified atom stereocenters. The van der Waals surface area contributed by atoms with Crippen LogP contribution in [0.2, 0.25) is 5.02 Å². The number of nitrogens with zero attached hydrogens (tertiary/aromatic N) is 8. The lowest BCUT2D eigenvalue weighted by molar-refractivity contribution is -0.125. The summed E-state index contributed by atoms with van der Waals surface area (Å²) in [5, 5.41) is 15.6. The molecule has 8 aromatic rings. The van der Waals surface area contributed by atoms with Crippen LogP contribution in [0.15, 0.2) is 106 Å². The van der Waals surface area contributed by atoms with Crippen LogP contribution in [0, 0.1) is 13.8 Å². The maximum Gasteiger partial charge on any atom is 0.264 e. The van der Waals surface area contributed by atoms with Crippen molar-refractivity contribution in [2.75, 3.05) is 10.6 Å². The second-order valence-corrected chi connectivity index (χ2v) is 14.5. The zero-order valence-electron chi connectivity index (χ0n) is 30.6. The monoisotopic (exact) mass is 766 g/mol. The molecule has 1 saturated carbocycles. The number of hydrogen-bond acceptors (Lipinski definition) is 10. The maximum atomic E-state index is 14.2. The number of benzene rings is 2. The predicted octanol–water partition coefficient (Wildman–Crippen LogP) is 7.94. The Balaban J connectivity index is 0.894. The quantitative estimate of drug-likeness (QED) is 0.139. The molecule has 0 saturated heterocycles. The number of imidazole rings is 2. The molecule has 14 nitrogen and oxygen atoms in total. The second-order valence-electron chi connectivity index (χ2n) is 14.1. The van der Waals surface area contributed by atoms with E-state index in [1.54, 1.807) is 58.1 Å². The zero-order valence-corrected chi connectivity index (χ0v) is 31.4. The molecule has 2 N–H and O–H groups in total. The van der Waals surface area contributed by atoms with Crippen molar-refractivity contribution < 1.29 is 18.4 Å². The van der Waals surface area contributed by atoms with Crippen LogP contribution in [-0.2, 0) is 15.0 Å². The van der Waals surface area contributed by atoms with Crippen molar-refractivity contribution in [1.29, 1.82) is 0 Å². The van der Waals surface area contributed by atoms with Gasteiger partial charge in [0.1, 0.15) is 23.0 Å². The van der Waals surface area contributed by atoms with Gasteiger partial charge in [-0.05, 0) is 92.1 Å². The number of anilines is 2. The number of nitrogens with one attached hydrogen (secondary N) is 2. The molecule has 0 aliphatic heterocycles. The van der Waals surface area contributed by atoms with Gasteiger partial charge in [0.05, 0.1) is 47.5 Å². The van der Waals surface area contributed by atoms with E-state index in [9.17, 15) is 9.59 Å². The third-order valence-electron chi connectivity index (χ3n) is 10.6. The molecule has 1 aliphatic rings. The van der Waals surface area contributed by atoms with E-state index in [1.165, 1.54) is 0 Å². The van der Waals surface area contributed by atoms with Gasteiger partial charge in [0.15, 0.2) is 0 Å². The minimum absolute atomic E-state index is 0.0878. The number of halogens is 1. The smallest absolute Gasteiger partial charge is 0.264 e. The van der Waals surface area contributed by atoms with Gasteiger partial charge in [-0.25, -0.2) is 19.9 Å². The van der Waals surface area contributed by atoms with Gasteiger partial charge in [-0.15, -0.1) is 10.2 Å². The van der Waals surface area contributed by atoms with E-state index in [-0.39, 0.29) is 17.7 Å². The average Bonchev–Trinajstić information content (AvgIpc) is 3.97. The summed E-state index contributed by atoms with van der Waals surface area (Å²) in [5.41, 5.74) is 5.31. The standard InChI is InChI=1S/C41H35ClN10O4/c1-4-32(37(53)47-30-12-14-33(45-19-30)38-49-51-23(2)43-21-35(51)55-38)26-7-5-6-25(16-26)27-17-41(18-27,28-8-10-29(42)11-9-28)40(54)48-31-13-15-34(46-20-31)39-50-52-24(3)44-22-36(52)56-39/h5-16,19-22,27,32H,4,17-18H2,1-3H3,(H,47,53)(H,48,54). The fourth-order valence-corrected chi connectivity index (χ4v) is 7.58. The number of aromatic nitrogens is 8. The summed E-state index contributed by atoms with van der Waals surface area (Å²) >= 11 is 6.26. The number of hydrogen-bond donors (Lipinski definition) is 2. The molecule has 56 heavy (non-hydrogen) atoms. The molecule has 9 rings (SSSR count). The number of pyridine rings is 2. The minimum Gasteiger partial charge on any atom is -0.415 e. The predicted molar refractivity (Wildman–Crippen MR) is 208 cm³/mol. The third kappa shape index (κ3) is 6.27. The highest BCUT2D eigenvalue weighted by Gasteiger charge is 2.51.